The lowest BCUT2D eigenvalue weighted by molar-refractivity contribution is 0.673. The average Bonchev–Trinajstić information content (AvgIpc) is 2.39. The predicted octanol–water partition coefficient (Wildman–Crippen LogP) is 3.12. The Morgan fingerprint density at radius 2 is 2.06 bits per heavy atom. The molecule has 1 rings (SSSR count). The lowest BCUT2D eigenvalue weighted by atomic mass is 10.1. The fourth-order valence-corrected chi connectivity index (χ4v) is 1.83. The van der Waals surface area contributed by atoms with Gasteiger partial charge < -0.3 is 10.6 Å². The van der Waals surface area contributed by atoms with Crippen LogP contribution >= 0.6 is 0 Å². The summed E-state index contributed by atoms with van der Waals surface area (Å²) in [7, 11) is 0. The monoisotopic (exact) mass is 235 g/mol. The summed E-state index contributed by atoms with van der Waals surface area (Å²) in [6.45, 7) is 8.62. The van der Waals surface area contributed by atoms with Gasteiger partial charge in [-0.15, -0.1) is 0 Å². The zero-order chi connectivity index (χ0) is 12.7. The van der Waals surface area contributed by atoms with Gasteiger partial charge in [0.15, 0.2) is 0 Å². The summed E-state index contributed by atoms with van der Waals surface area (Å²) in [4.78, 5) is 6.82. The molecule has 3 nitrogen and oxygen atoms in total. The SMILES string of the molecule is CCCCN(CC)c1ccc(C(N)CC)nc1. The molecule has 0 bridgehead atoms. The summed E-state index contributed by atoms with van der Waals surface area (Å²) < 4.78 is 0. The van der Waals surface area contributed by atoms with Crippen molar-refractivity contribution in [2.24, 2.45) is 5.73 Å². The van der Waals surface area contributed by atoms with Crippen molar-refractivity contribution in [3.63, 3.8) is 0 Å². The molecule has 1 unspecified atom stereocenters. The molecule has 0 saturated heterocycles. The van der Waals surface area contributed by atoms with Gasteiger partial charge in [0.1, 0.15) is 0 Å². The molecule has 0 amide bonds. The lowest BCUT2D eigenvalue weighted by Crippen LogP contribution is -2.24. The second kappa shape index (κ2) is 7.28. The van der Waals surface area contributed by atoms with Gasteiger partial charge in [0.05, 0.1) is 17.6 Å². The first-order valence-electron chi connectivity index (χ1n) is 6.69. The minimum Gasteiger partial charge on any atom is -0.371 e. The van der Waals surface area contributed by atoms with E-state index in [1.54, 1.807) is 0 Å². The summed E-state index contributed by atoms with van der Waals surface area (Å²) in [5.41, 5.74) is 8.15. The Balaban J connectivity index is 2.70. The van der Waals surface area contributed by atoms with E-state index in [0.717, 1.165) is 25.2 Å². The Labute approximate surface area is 105 Å². The number of unbranched alkanes of at least 4 members (excludes halogenated alkanes) is 1. The second-order valence-corrected chi connectivity index (χ2v) is 4.39. The molecule has 0 aliphatic rings. The first-order chi connectivity index (χ1) is 8.22. The van der Waals surface area contributed by atoms with E-state index in [2.05, 4.69) is 42.8 Å². The van der Waals surface area contributed by atoms with Gasteiger partial charge in [-0.2, -0.15) is 0 Å². The van der Waals surface area contributed by atoms with Crippen LogP contribution in [0.2, 0.25) is 0 Å². The topological polar surface area (TPSA) is 42.1 Å². The number of hydrogen-bond donors (Lipinski definition) is 1. The second-order valence-electron chi connectivity index (χ2n) is 4.39. The zero-order valence-electron chi connectivity index (χ0n) is 11.3. The van der Waals surface area contributed by atoms with E-state index in [1.807, 2.05) is 6.20 Å². The Morgan fingerprint density at radius 3 is 2.53 bits per heavy atom. The van der Waals surface area contributed by atoms with Crippen molar-refractivity contribution < 1.29 is 0 Å². The Bertz CT molecular complexity index is 308. The van der Waals surface area contributed by atoms with E-state index in [4.69, 9.17) is 5.73 Å². The van der Waals surface area contributed by atoms with E-state index >= 15 is 0 Å². The van der Waals surface area contributed by atoms with Crippen molar-refractivity contribution in [1.82, 2.24) is 4.98 Å². The summed E-state index contributed by atoms with van der Waals surface area (Å²) in [5.74, 6) is 0. The molecule has 1 aromatic rings. The molecular formula is C14H25N3. The van der Waals surface area contributed by atoms with Gasteiger partial charge in [-0.1, -0.05) is 20.3 Å². The molecule has 3 heteroatoms. The van der Waals surface area contributed by atoms with Crippen LogP contribution in [0.25, 0.3) is 0 Å². The molecule has 0 aliphatic heterocycles. The molecule has 0 aromatic carbocycles. The third kappa shape index (κ3) is 4.00. The van der Waals surface area contributed by atoms with Gasteiger partial charge in [-0.05, 0) is 31.9 Å². The summed E-state index contributed by atoms with van der Waals surface area (Å²) in [6.07, 6.45) is 5.33. The fourth-order valence-electron chi connectivity index (χ4n) is 1.83. The summed E-state index contributed by atoms with van der Waals surface area (Å²) in [6, 6.07) is 4.25. The smallest absolute Gasteiger partial charge is 0.0572 e. The number of nitrogens with zero attached hydrogens (tertiary/aromatic N) is 2. The Kier molecular flexibility index (Phi) is 5.98. The highest BCUT2D eigenvalue weighted by Crippen LogP contribution is 2.17. The Hall–Kier alpha value is -1.09. The molecule has 1 aromatic heterocycles. The maximum atomic E-state index is 5.96. The van der Waals surface area contributed by atoms with E-state index in [0.29, 0.717) is 0 Å². The van der Waals surface area contributed by atoms with E-state index in [9.17, 15) is 0 Å². The molecular weight excluding hydrogens is 210 g/mol. The third-order valence-electron chi connectivity index (χ3n) is 3.12. The van der Waals surface area contributed by atoms with Crippen molar-refractivity contribution in [1.29, 1.82) is 0 Å². The molecule has 17 heavy (non-hydrogen) atoms. The quantitative estimate of drug-likeness (QED) is 0.789. The van der Waals surface area contributed by atoms with Crippen LogP contribution in [-0.4, -0.2) is 18.1 Å². The normalized spacial score (nSPS) is 12.5. The van der Waals surface area contributed by atoms with Crippen LogP contribution in [0.5, 0.6) is 0 Å². The fraction of sp³-hybridized carbons (Fsp3) is 0.643. The van der Waals surface area contributed by atoms with Crippen molar-refractivity contribution in [3.8, 4) is 0 Å². The van der Waals surface area contributed by atoms with Gasteiger partial charge in [0.25, 0.3) is 0 Å². The number of aromatic nitrogens is 1. The predicted molar refractivity (Wildman–Crippen MR) is 74.3 cm³/mol. The Morgan fingerprint density at radius 1 is 1.29 bits per heavy atom. The van der Waals surface area contributed by atoms with Crippen LogP contribution in [0, 0.1) is 0 Å². The van der Waals surface area contributed by atoms with Gasteiger partial charge >= 0.3 is 0 Å². The third-order valence-corrected chi connectivity index (χ3v) is 3.12. The van der Waals surface area contributed by atoms with Crippen LogP contribution in [0.1, 0.15) is 51.8 Å². The largest absolute Gasteiger partial charge is 0.371 e. The van der Waals surface area contributed by atoms with Crippen LogP contribution < -0.4 is 10.6 Å². The van der Waals surface area contributed by atoms with Gasteiger partial charge in [0.2, 0.25) is 0 Å². The molecule has 1 heterocycles. The molecule has 0 fully saturated rings. The summed E-state index contributed by atoms with van der Waals surface area (Å²) in [5, 5.41) is 0. The standard InChI is InChI=1S/C14H25N3/c1-4-7-10-17(6-3)12-8-9-14(16-11-12)13(15)5-2/h8-9,11,13H,4-7,10,15H2,1-3H3. The number of nitrogens with two attached hydrogens (primary N) is 1. The van der Waals surface area contributed by atoms with Crippen LogP contribution in [-0.2, 0) is 0 Å². The highest BCUT2D eigenvalue weighted by Gasteiger charge is 2.07. The van der Waals surface area contributed by atoms with Crippen molar-refractivity contribution >= 4 is 5.69 Å². The number of anilines is 1. The molecule has 0 radical (unpaired) electrons. The molecule has 2 N–H and O–H groups in total. The van der Waals surface area contributed by atoms with Crippen LogP contribution in [0.4, 0.5) is 5.69 Å². The van der Waals surface area contributed by atoms with Gasteiger partial charge in [0, 0.05) is 19.1 Å². The molecule has 1 atom stereocenters. The first-order valence-corrected chi connectivity index (χ1v) is 6.69. The van der Waals surface area contributed by atoms with Crippen LogP contribution in [0.15, 0.2) is 18.3 Å². The number of pyridine rings is 1. The highest BCUT2D eigenvalue weighted by atomic mass is 15.1. The molecule has 0 aliphatic carbocycles. The van der Waals surface area contributed by atoms with E-state index in [1.165, 1.54) is 18.5 Å². The van der Waals surface area contributed by atoms with Crippen LogP contribution in [0.3, 0.4) is 0 Å². The molecule has 0 spiro atoms. The first kappa shape index (κ1) is 14.0. The highest BCUT2D eigenvalue weighted by molar-refractivity contribution is 5.44. The zero-order valence-corrected chi connectivity index (χ0v) is 11.3. The summed E-state index contributed by atoms with van der Waals surface area (Å²) >= 11 is 0. The van der Waals surface area contributed by atoms with Crippen molar-refractivity contribution in [3.05, 3.63) is 24.0 Å². The number of hydrogen-bond acceptors (Lipinski definition) is 3. The minimum atomic E-state index is 0.0646. The lowest BCUT2D eigenvalue weighted by Gasteiger charge is -2.23. The molecule has 0 saturated carbocycles. The van der Waals surface area contributed by atoms with Crippen molar-refractivity contribution in [2.75, 3.05) is 18.0 Å². The molecule has 96 valence electrons. The van der Waals surface area contributed by atoms with Gasteiger partial charge in [-0.25, -0.2) is 0 Å². The maximum Gasteiger partial charge on any atom is 0.0572 e. The van der Waals surface area contributed by atoms with Crippen molar-refractivity contribution in [2.45, 2.75) is 46.1 Å². The minimum absolute atomic E-state index is 0.0646. The van der Waals surface area contributed by atoms with E-state index in [-0.39, 0.29) is 6.04 Å². The maximum absolute atomic E-state index is 5.96. The number of rotatable bonds is 7. The average molecular weight is 235 g/mol. The van der Waals surface area contributed by atoms with E-state index < -0.39 is 0 Å². The van der Waals surface area contributed by atoms with Gasteiger partial charge in [-0.3, -0.25) is 4.98 Å².